The minimum atomic E-state index is 0. The first-order chi connectivity index (χ1) is 10.3. The van der Waals surface area contributed by atoms with Crippen LogP contribution in [0.25, 0.3) is 0 Å². The number of rotatable bonds is 5. The highest BCUT2D eigenvalue weighted by Crippen LogP contribution is 2.42. The van der Waals surface area contributed by atoms with Crippen LogP contribution in [0, 0.1) is 5.41 Å². The van der Waals surface area contributed by atoms with E-state index < -0.39 is 0 Å². The molecule has 3 rings (SSSR count). The summed E-state index contributed by atoms with van der Waals surface area (Å²) in [6.07, 6.45) is 7.53. The van der Waals surface area contributed by atoms with Gasteiger partial charge in [0.15, 0.2) is 11.8 Å². The lowest BCUT2D eigenvalue weighted by atomic mass is 9.67. The molecule has 0 radical (unpaired) electrons. The van der Waals surface area contributed by atoms with Gasteiger partial charge in [-0.3, -0.25) is 4.99 Å². The molecule has 7 heteroatoms. The highest BCUT2D eigenvalue weighted by molar-refractivity contribution is 14.0. The maximum Gasteiger partial charge on any atom is 0.191 e. The molecule has 6 nitrogen and oxygen atoms in total. The topological polar surface area (TPSA) is 67.1 Å². The first-order valence-electron chi connectivity index (χ1n) is 8.12. The van der Waals surface area contributed by atoms with E-state index in [0.717, 1.165) is 37.1 Å². The minimum absolute atomic E-state index is 0. The van der Waals surface area contributed by atoms with Crippen LogP contribution in [0.5, 0.6) is 0 Å². The molecule has 1 aliphatic carbocycles. The summed E-state index contributed by atoms with van der Waals surface area (Å²) in [7, 11) is 1.82. The number of nitrogens with one attached hydrogen (secondary N) is 2. The van der Waals surface area contributed by atoms with Gasteiger partial charge in [-0.1, -0.05) is 13.3 Å². The van der Waals surface area contributed by atoms with Crippen LogP contribution in [0.3, 0.4) is 0 Å². The third-order valence-electron chi connectivity index (χ3n) is 5.12. The van der Waals surface area contributed by atoms with Crippen molar-refractivity contribution in [2.45, 2.75) is 58.5 Å². The summed E-state index contributed by atoms with van der Waals surface area (Å²) in [6, 6.07) is 0. The molecule has 0 bridgehead atoms. The highest BCUT2D eigenvalue weighted by atomic mass is 127. The predicted molar refractivity (Wildman–Crippen MR) is 98.5 cm³/mol. The van der Waals surface area contributed by atoms with Gasteiger partial charge < -0.3 is 15.2 Å². The smallest absolute Gasteiger partial charge is 0.191 e. The van der Waals surface area contributed by atoms with Crippen molar-refractivity contribution in [1.29, 1.82) is 0 Å². The van der Waals surface area contributed by atoms with Gasteiger partial charge in [-0.15, -0.1) is 34.2 Å². The molecule has 22 heavy (non-hydrogen) atoms. The van der Waals surface area contributed by atoms with Crippen LogP contribution in [0.2, 0.25) is 0 Å². The zero-order valence-electron chi connectivity index (χ0n) is 13.6. The monoisotopic (exact) mass is 418 g/mol. The van der Waals surface area contributed by atoms with Gasteiger partial charge in [-0.2, -0.15) is 0 Å². The van der Waals surface area contributed by atoms with Crippen molar-refractivity contribution in [1.82, 2.24) is 25.4 Å². The minimum Gasteiger partial charge on any atom is -0.356 e. The molecule has 0 unspecified atom stereocenters. The van der Waals surface area contributed by atoms with Crippen molar-refractivity contribution in [3.63, 3.8) is 0 Å². The second-order valence-electron chi connectivity index (χ2n) is 6.27. The number of guanidine groups is 1. The average Bonchev–Trinajstić information content (AvgIpc) is 3.05. The van der Waals surface area contributed by atoms with Gasteiger partial charge in [-0.25, -0.2) is 0 Å². The van der Waals surface area contributed by atoms with Crippen molar-refractivity contribution < 1.29 is 0 Å². The molecule has 0 spiro atoms. The Bertz CT molecular complexity index is 515. The maximum atomic E-state index is 4.31. The molecular formula is C15H27IN6. The quantitative estimate of drug-likeness (QED) is 0.437. The van der Waals surface area contributed by atoms with Gasteiger partial charge >= 0.3 is 0 Å². The molecule has 0 saturated heterocycles. The molecule has 1 aliphatic heterocycles. The number of nitrogens with zero attached hydrogens (tertiary/aromatic N) is 4. The third-order valence-corrected chi connectivity index (χ3v) is 5.12. The number of halogens is 1. The molecule has 2 heterocycles. The SMILES string of the molecule is CCC1(CNC(=NC)NCc2nnc3n2CCC3)CCC1.I. The van der Waals surface area contributed by atoms with E-state index in [1.54, 1.807) is 0 Å². The van der Waals surface area contributed by atoms with Gasteiger partial charge in [-0.05, 0) is 31.1 Å². The summed E-state index contributed by atoms with van der Waals surface area (Å²) in [5, 5.41) is 15.3. The van der Waals surface area contributed by atoms with Crippen LogP contribution < -0.4 is 10.6 Å². The lowest BCUT2D eigenvalue weighted by Crippen LogP contribution is -2.46. The van der Waals surface area contributed by atoms with E-state index in [4.69, 9.17) is 0 Å². The number of hydrogen-bond donors (Lipinski definition) is 2. The second-order valence-corrected chi connectivity index (χ2v) is 6.27. The molecule has 0 aromatic carbocycles. The fourth-order valence-electron chi connectivity index (χ4n) is 3.33. The number of fused-ring (bicyclic) bond motifs is 1. The molecule has 1 aromatic heterocycles. The number of aliphatic imine (C=N–C) groups is 1. The zero-order valence-corrected chi connectivity index (χ0v) is 15.9. The van der Waals surface area contributed by atoms with Crippen LogP contribution in [0.4, 0.5) is 0 Å². The van der Waals surface area contributed by atoms with Crippen molar-refractivity contribution in [2.24, 2.45) is 10.4 Å². The Hall–Kier alpha value is -0.860. The van der Waals surface area contributed by atoms with Gasteiger partial charge in [0, 0.05) is 26.6 Å². The predicted octanol–water partition coefficient (Wildman–Crippen LogP) is 2.09. The van der Waals surface area contributed by atoms with E-state index in [1.165, 1.54) is 32.1 Å². The first kappa shape index (κ1) is 17.5. The van der Waals surface area contributed by atoms with E-state index in [1.807, 2.05) is 7.05 Å². The maximum absolute atomic E-state index is 4.31. The zero-order chi connectivity index (χ0) is 14.7. The Morgan fingerprint density at radius 2 is 2.09 bits per heavy atom. The Kier molecular flexibility index (Phi) is 6.05. The normalized spacial score (nSPS) is 19.1. The third kappa shape index (κ3) is 3.55. The van der Waals surface area contributed by atoms with Crippen LogP contribution in [-0.4, -0.2) is 34.3 Å². The number of aryl methyl sites for hydroxylation is 1. The lowest BCUT2D eigenvalue weighted by molar-refractivity contribution is 0.131. The van der Waals surface area contributed by atoms with E-state index in [-0.39, 0.29) is 24.0 Å². The Morgan fingerprint density at radius 1 is 1.27 bits per heavy atom. The number of hydrogen-bond acceptors (Lipinski definition) is 3. The van der Waals surface area contributed by atoms with Gasteiger partial charge in [0.25, 0.3) is 0 Å². The van der Waals surface area contributed by atoms with Crippen molar-refractivity contribution in [3.8, 4) is 0 Å². The molecule has 2 aliphatic rings. The van der Waals surface area contributed by atoms with E-state index in [2.05, 4.69) is 37.3 Å². The van der Waals surface area contributed by atoms with Crippen molar-refractivity contribution in [3.05, 3.63) is 11.6 Å². The Balaban J connectivity index is 0.00000176. The Labute approximate surface area is 149 Å². The molecule has 1 aromatic rings. The summed E-state index contributed by atoms with van der Waals surface area (Å²) in [4.78, 5) is 4.31. The van der Waals surface area contributed by atoms with Gasteiger partial charge in [0.1, 0.15) is 5.82 Å². The summed E-state index contributed by atoms with van der Waals surface area (Å²) in [5.41, 5.74) is 0.494. The molecule has 2 N–H and O–H groups in total. The summed E-state index contributed by atoms with van der Waals surface area (Å²) < 4.78 is 2.22. The molecule has 0 atom stereocenters. The molecule has 1 saturated carbocycles. The van der Waals surface area contributed by atoms with Gasteiger partial charge in [0.2, 0.25) is 0 Å². The molecule has 1 fully saturated rings. The standard InChI is InChI=1S/C15H26N6.HI/c1-3-15(7-5-8-15)11-18-14(16-2)17-10-13-20-19-12-6-4-9-21(12)13;/h3-11H2,1-2H3,(H2,16,17,18);1H. The summed E-state index contributed by atoms with van der Waals surface area (Å²) >= 11 is 0. The Morgan fingerprint density at radius 3 is 2.73 bits per heavy atom. The average molecular weight is 418 g/mol. The fourth-order valence-corrected chi connectivity index (χ4v) is 3.33. The van der Waals surface area contributed by atoms with Crippen LogP contribution in [-0.2, 0) is 19.5 Å². The van der Waals surface area contributed by atoms with Crippen LogP contribution >= 0.6 is 24.0 Å². The number of aromatic nitrogens is 3. The largest absolute Gasteiger partial charge is 0.356 e. The van der Waals surface area contributed by atoms with Crippen molar-refractivity contribution >= 4 is 29.9 Å². The second kappa shape index (κ2) is 7.61. The summed E-state index contributed by atoms with van der Waals surface area (Å²) in [5.74, 6) is 3.00. The van der Waals surface area contributed by atoms with Gasteiger partial charge in [0.05, 0.1) is 6.54 Å². The fraction of sp³-hybridized carbons (Fsp3) is 0.800. The highest BCUT2D eigenvalue weighted by Gasteiger charge is 2.34. The van der Waals surface area contributed by atoms with E-state index >= 15 is 0 Å². The first-order valence-corrected chi connectivity index (χ1v) is 8.12. The molecule has 0 amide bonds. The lowest BCUT2D eigenvalue weighted by Gasteiger charge is -2.41. The van der Waals surface area contributed by atoms with E-state index in [0.29, 0.717) is 12.0 Å². The van der Waals surface area contributed by atoms with Crippen molar-refractivity contribution in [2.75, 3.05) is 13.6 Å². The summed E-state index contributed by atoms with van der Waals surface area (Å²) in [6.45, 7) is 5.04. The molecular weight excluding hydrogens is 391 g/mol. The van der Waals surface area contributed by atoms with Crippen LogP contribution in [0.15, 0.2) is 4.99 Å². The molecule has 124 valence electrons. The van der Waals surface area contributed by atoms with Crippen LogP contribution in [0.1, 0.15) is 50.7 Å². The van der Waals surface area contributed by atoms with E-state index in [9.17, 15) is 0 Å².